The molecule has 1 aliphatic rings. The third-order valence-electron chi connectivity index (χ3n) is 2.83. The van der Waals surface area contributed by atoms with Crippen LogP contribution >= 0.6 is 44.1 Å². The van der Waals surface area contributed by atoms with Crippen LogP contribution in [-0.2, 0) is 4.79 Å². The van der Waals surface area contributed by atoms with Gasteiger partial charge in [-0.1, -0.05) is 28.1 Å². The number of halogens is 2. The second-order valence-electron chi connectivity index (χ2n) is 4.02. The topological polar surface area (TPSA) is 55.1 Å². The fourth-order valence-corrected chi connectivity index (χ4v) is 2.55. The van der Waals surface area contributed by atoms with Crippen molar-refractivity contribution < 1.29 is 4.79 Å². The maximum Gasteiger partial charge on any atom is 0.237 e. The third kappa shape index (κ3) is 2.53. The Bertz CT molecular complexity index is 500. The number of nitrogens with one attached hydrogen (secondary N) is 1. The Balaban J connectivity index is 2.19. The van der Waals surface area contributed by atoms with Gasteiger partial charge in [0.15, 0.2) is 0 Å². The third-order valence-corrected chi connectivity index (χ3v) is 4.41. The number of hydrogen-bond acceptors (Lipinski definition) is 2. The minimum Gasteiger partial charge on any atom is -0.392 e. The highest BCUT2D eigenvalue weighted by atomic mass is 79.9. The van der Waals surface area contributed by atoms with Crippen LogP contribution in [0.4, 0.5) is 5.69 Å². The van der Waals surface area contributed by atoms with Crippen molar-refractivity contribution in [2.75, 3.05) is 5.32 Å². The summed E-state index contributed by atoms with van der Waals surface area (Å²) in [6.07, 6.45) is 1.47. The molecule has 6 heteroatoms. The highest BCUT2D eigenvalue weighted by Gasteiger charge is 2.52. The maximum absolute atomic E-state index is 12.1. The molecule has 90 valence electrons. The lowest BCUT2D eigenvalue weighted by Gasteiger charge is -2.14. The monoisotopic (exact) mass is 376 g/mol. The van der Waals surface area contributed by atoms with Gasteiger partial charge in [0.05, 0.1) is 16.1 Å². The van der Waals surface area contributed by atoms with Crippen molar-refractivity contribution in [3.63, 3.8) is 0 Å². The molecule has 1 aromatic carbocycles. The van der Waals surface area contributed by atoms with Gasteiger partial charge in [0.2, 0.25) is 5.91 Å². The quantitative estimate of drug-likeness (QED) is 0.795. The summed E-state index contributed by atoms with van der Waals surface area (Å²) in [5.74, 6) is -0.121. The van der Waals surface area contributed by atoms with E-state index >= 15 is 0 Å². The highest BCUT2D eigenvalue weighted by molar-refractivity contribution is 9.11. The van der Waals surface area contributed by atoms with Gasteiger partial charge in [-0.3, -0.25) is 4.79 Å². The highest BCUT2D eigenvalue weighted by Crippen LogP contribution is 2.47. The fraction of sp³-hybridized carbons (Fsp3) is 0.273. The molecular formula is C11H10Br2N2OS. The summed E-state index contributed by atoms with van der Waals surface area (Å²) in [7, 11) is 0. The molecule has 1 amide bonds. The van der Waals surface area contributed by atoms with Crippen molar-refractivity contribution in [1.29, 1.82) is 0 Å². The average molecular weight is 378 g/mol. The molecule has 1 fully saturated rings. The number of thiocarbonyl (C=S) groups is 1. The van der Waals surface area contributed by atoms with Crippen molar-refractivity contribution in [2.45, 2.75) is 12.8 Å². The number of anilines is 1. The van der Waals surface area contributed by atoms with Crippen LogP contribution in [0.3, 0.4) is 0 Å². The smallest absolute Gasteiger partial charge is 0.237 e. The van der Waals surface area contributed by atoms with Gasteiger partial charge in [-0.05, 0) is 47.0 Å². The summed E-state index contributed by atoms with van der Waals surface area (Å²) in [6, 6.07) is 5.58. The Labute approximate surface area is 121 Å². The molecule has 1 saturated carbocycles. The summed E-state index contributed by atoms with van der Waals surface area (Å²) in [5.41, 5.74) is 5.69. The number of benzene rings is 1. The van der Waals surface area contributed by atoms with E-state index in [-0.39, 0.29) is 10.9 Å². The zero-order valence-electron chi connectivity index (χ0n) is 8.80. The van der Waals surface area contributed by atoms with Gasteiger partial charge in [0, 0.05) is 8.95 Å². The Hall–Kier alpha value is -0.460. The Morgan fingerprint density at radius 2 is 2.06 bits per heavy atom. The van der Waals surface area contributed by atoms with Gasteiger partial charge in [-0.15, -0.1) is 0 Å². The number of nitrogens with two attached hydrogens (primary N) is 1. The summed E-state index contributed by atoms with van der Waals surface area (Å²) < 4.78 is 1.73. The standard InChI is InChI=1S/C11H10Br2N2OS/c12-6-1-2-7(13)8(5-6)15-10(16)11(3-4-11)9(14)17/h1-2,5H,3-4H2,(H2,14,17)(H,15,16). The number of hydrogen-bond donors (Lipinski definition) is 2. The fourth-order valence-electron chi connectivity index (χ4n) is 1.55. The molecule has 0 bridgehead atoms. The van der Waals surface area contributed by atoms with E-state index in [0.717, 1.165) is 21.8 Å². The Morgan fingerprint density at radius 1 is 1.41 bits per heavy atom. The van der Waals surface area contributed by atoms with E-state index in [0.29, 0.717) is 5.69 Å². The second kappa shape index (κ2) is 4.66. The van der Waals surface area contributed by atoms with Crippen LogP contribution in [0.5, 0.6) is 0 Å². The first-order valence-electron chi connectivity index (χ1n) is 5.02. The molecule has 0 radical (unpaired) electrons. The first kappa shape index (κ1) is 13.0. The van der Waals surface area contributed by atoms with Gasteiger partial charge >= 0.3 is 0 Å². The molecule has 17 heavy (non-hydrogen) atoms. The predicted octanol–water partition coefficient (Wildman–Crippen LogP) is 3.22. The van der Waals surface area contributed by atoms with E-state index in [1.807, 2.05) is 18.2 Å². The van der Waals surface area contributed by atoms with Crippen LogP contribution in [-0.4, -0.2) is 10.9 Å². The molecular weight excluding hydrogens is 368 g/mol. The van der Waals surface area contributed by atoms with E-state index in [1.54, 1.807) is 0 Å². The van der Waals surface area contributed by atoms with Crippen molar-refractivity contribution in [1.82, 2.24) is 0 Å². The molecule has 3 nitrogen and oxygen atoms in total. The lowest BCUT2D eigenvalue weighted by molar-refractivity contribution is -0.118. The Kier molecular flexibility index (Phi) is 3.56. The lowest BCUT2D eigenvalue weighted by Crippen LogP contribution is -2.35. The molecule has 0 atom stereocenters. The van der Waals surface area contributed by atoms with Crippen LogP contribution in [0.2, 0.25) is 0 Å². The minimum atomic E-state index is -0.628. The average Bonchev–Trinajstić information content (AvgIpc) is 3.04. The van der Waals surface area contributed by atoms with E-state index in [2.05, 4.69) is 37.2 Å². The van der Waals surface area contributed by atoms with Crippen LogP contribution in [0.15, 0.2) is 27.1 Å². The number of carbonyl (C=O) groups is 1. The number of carbonyl (C=O) groups excluding carboxylic acids is 1. The molecule has 3 N–H and O–H groups in total. The first-order chi connectivity index (χ1) is 7.95. The van der Waals surface area contributed by atoms with Gasteiger partial charge < -0.3 is 11.1 Å². The zero-order chi connectivity index (χ0) is 12.6. The molecule has 1 aromatic rings. The van der Waals surface area contributed by atoms with Crippen LogP contribution in [0.1, 0.15) is 12.8 Å². The summed E-state index contributed by atoms with van der Waals surface area (Å²) in [5, 5.41) is 2.85. The summed E-state index contributed by atoms with van der Waals surface area (Å²) in [4.78, 5) is 12.4. The van der Waals surface area contributed by atoms with Crippen molar-refractivity contribution in [3.05, 3.63) is 27.1 Å². The summed E-state index contributed by atoms with van der Waals surface area (Å²) >= 11 is 11.7. The first-order valence-corrected chi connectivity index (χ1v) is 7.01. The minimum absolute atomic E-state index is 0.121. The van der Waals surface area contributed by atoms with E-state index < -0.39 is 5.41 Å². The normalized spacial score (nSPS) is 16.4. The Morgan fingerprint density at radius 3 is 2.59 bits per heavy atom. The van der Waals surface area contributed by atoms with E-state index in [1.165, 1.54) is 0 Å². The van der Waals surface area contributed by atoms with Crippen molar-refractivity contribution in [3.8, 4) is 0 Å². The van der Waals surface area contributed by atoms with Gasteiger partial charge in [-0.25, -0.2) is 0 Å². The molecule has 0 aromatic heterocycles. The van der Waals surface area contributed by atoms with Crippen LogP contribution < -0.4 is 11.1 Å². The summed E-state index contributed by atoms with van der Waals surface area (Å²) in [6.45, 7) is 0. The zero-order valence-corrected chi connectivity index (χ0v) is 12.8. The molecule has 0 unspecified atom stereocenters. The largest absolute Gasteiger partial charge is 0.392 e. The van der Waals surface area contributed by atoms with Gasteiger partial charge in [-0.2, -0.15) is 0 Å². The lowest BCUT2D eigenvalue weighted by atomic mass is 10.1. The van der Waals surface area contributed by atoms with Crippen LogP contribution in [0, 0.1) is 5.41 Å². The molecule has 1 aliphatic carbocycles. The van der Waals surface area contributed by atoms with Crippen molar-refractivity contribution >= 4 is 60.7 Å². The van der Waals surface area contributed by atoms with E-state index in [4.69, 9.17) is 18.0 Å². The molecule has 0 spiro atoms. The van der Waals surface area contributed by atoms with Crippen molar-refractivity contribution in [2.24, 2.45) is 11.1 Å². The molecule has 0 saturated heterocycles. The molecule has 2 rings (SSSR count). The van der Waals surface area contributed by atoms with Gasteiger partial charge in [0.1, 0.15) is 0 Å². The van der Waals surface area contributed by atoms with E-state index in [9.17, 15) is 4.79 Å². The number of rotatable bonds is 3. The second-order valence-corrected chi connectivity index (χ2v) is 6.23. The molecule has 0 heterocycles. The SMILES string of the molecule is NC(=S)C1(C(=O)Nc2cc(Br)ccc2Br)CC1. The predicted molar refractivity (Wildman–Crippen MR) is 78.9 cm³/mol. The maximum atomic E-state index is 12.1. The molecule has 0 aliphatic heterocycles. The number of amides is 1. The van der Waals surface area contributed by atoms with Gasteiger partial charge in [0.25, 0.3) is 0 Å². The van der Waals surface area contributed by atoms with Crippen LogP contribution in [0.25, 0.3) is 0 Å².